The predicted octanol–water partition coefficient (Wildman–Crippen LogP) is 3.67. The lowest BCUT2D eigenvalue weighted by molar-refractivity contribution is 0.0940. The summed E-state index contributed by atoms with van der Waals surface area (Å²) in [5, 5.41) is 7.29. The molecule has 0 saturated heterocycles. The van der Waals surface area contributed by atoms with Gasteiger partial charge in [-0.1, -0.05) is 30.3 Å². The first-order valence-electron chi connectivity index (χ1n) is 9.78. The van der Waals surface area contributed by atoms with E-state index in [9.17, 15) is 13.6 Å². The molecule has 158 valence electrons. The number of aryl methyl sites for hydroxylation is 1. The van der Waals surface area contributed by atoms with Crippen molar-refractivity contribution in [1.29, 1.82) is 0 Å². The molecular formula is C23H26F2N4O. The molecule has 2 aromatic carbocycles. The summed E-state index contributed by atoms with van der Waals surface area (Å²) in [5.74, 6) is -1.66. The Morgan fingerprint density at radius 3 is 2.47 bits per heavy atom. The van der Waals surface area contributed by atoms with Crippen LogP contribution in [0, 0.1) is 25.5 Å². The highest BCUT2D eigenvalue weighted by Crippen LogP contribution is 2.21. The Labute approximate surface area is 175 Å². The van der Waals surface area contributed by atoms with Crippen LogP contribution >= 0.6 is 0 Å². The first kappa shape index (κ1) is 21.6. The molecule has 0 aliphatic rings. The van der Waals surface area contributed by atoms with E-state index in [-0.39, 0.29) is 17.6 Å². The number of likely N-dealkylation sites (N-methyl/N-ethyl adjacent to an activating group) is 1. The van der Waals surface area contributed by atoms with Crippen molar-refractivity contribution in [1.82, 2.24) is 20.0 Å². The highest BCUT2D eigenvalue weighted by atomic mass is 19.1. The molecular weight excluding hydrogens is 386 g/mol. The fraction of sp³-hybridized carbons (Fsp3) is 0.304. The molecule has 0 fully saturated rings. The lowest BCUT2D eigenvalue weighted by Crippen LogP contribution is -2.41. The number of halogens is 2. The molecule has 1 N–H and O–H groups in total. The van der Waals surface area contributed by atoms with Gasteiger partial charge >= 0.3 is 0 Å². The van der Waals surface area contributed by atoms with E-state index in [0.29, 0.717) is 23.5 Å². The minimum Gasteiger partial charge on any atom is -0.350 e. The Balaban J connectivity index is 1.77. The summed E-state index contributed by atoms with van der Waals surface area (Å²) in [6.07, 6.45) is 0.798. The van der Waals surface area contributed by atoms with Crippen molar-refractivity contribution in [3.63, 3.8) is 0 Å². The molecule has 0 saturated carbocycles. The van der Waals surface area contributed by atoms with Crippen molar-refractivity contribution in [3.8, 4) is 5.69 Å². The number of amides is 1. The van der Waals surface area contributed by atoms with Gasteiger partial charge in [0.2, 0.25) is 0 Å². The summed E-state index contributed by atoms with van der Waals surface area (Å²) in [6.45, 7) is 3.86. The second kappa shape index (κ2) is 9.17. The van der Waals surface area contributed by atoms with E-state index in [2.05, 4.69) is 27.4 Å². The molecule has 0 bridgehead atoms. The van der Waals surface area contributed by atoms with Crippen molar-refractivity contribution < 1.29 is 13.6 Å². The van der Waals surface area contributed by atoms with Gasteiger partial charge in [-0.25, -0.2) is 13.5 Å². The number of benzene rings is 2. The van der Waals surface area contributed by atoms with E-state index < -0.39 is 11.6 Å². The van der Waals surface area contributed by atoms with Gasteiger partial charge in [-0.05, 0) is 52.1 Å². The van der Waals surface area contributed by atoms with Crippen LogP contribution in [-0.4, -0.2) is 47.3 Å². The second-order valence-corrected chi connectivity index (χ2v) is 7.57. The van der Waals surface area contributed by atoms with E-state index in [4.69, 9.17) is 0 Å². The summed E-state index contributed by atoms with van der Waals surface area (Å²) >= 11 is 0. The van der Waals surface area contributed by atoms with Gasteiger partial charge in [0.15, 0.2) is 5.82 Å². The van der Waals surface area contributed by atoms with Crippen LogP contribution in [0.3, 0.4) is 0 Å². The van der Waals surface area contributed by atoms with E-state index in [1.807, 2.05) is 32.3 Å². The first-order valence-corrected chi connectivity index (χ1v) is 9.78. The van der Waals surface area contributed by atoms with Crippen LogP contribution < -0.4 is 5.32 Å². The Hall–Kier alpha value is -3.06. The number of rotatable bonds is 7. The monoisotopic (exact) mass is 412 g/mol. The van der Waals surface area contributed by atoms with E-state index in [1.165, 1.54) is 22.4 Å². The van der Waals surface area contributed by atoms with Crippen LogP contribution in [-0.2, 0) is 6.42 Å². The number of aromatic nitrogens is 2. The fourth-order valence-corrected chi connectivity index (χ4v) is 3.48. The van der Waals surface area contributed by atoms with Gasteiger partial charge in [0.25, 0.3) is 5.91 Å². The van der Waals surface area contributed by atoms with Gasteiger partial charge in [-0.3, -0.25) is 4.79 Å². The van der Waals surface area contributed by atoms with Crippen LogP contribution in [0.2, 0.25) is 0 Å². The summed E-state index contributed by atoms with van der Waals surface area (Å²) in [5.41, 5.74) is 2.68. The fourth-order valence-electron chi connectivity index (χ4n) is 3.48. The van der Waals surface area contributed by atoms with Gasteiger partial charge in [0, 0.05) is 18.7 Å². The van der Waals surface area contributed by atoms with Gasteiger partial charge in [0.05, 0.1) is 17.0 Å². The smallest absolute Gasteiger partial charge is 0.255 e. The van der Waals surface area contributed by atoms with Crippen molar-refractivity contribution >= 4 is 5.91 Å². The normalized spacial score (nSPS) is 12.2. The maximum absolute atomic E-state index is 14.2. The van der Waals surface area contributed by atoms with Crippen molar-refractivity contribution in [2.45, 2.75) is 26.3 Å². The first-order chi connectivity index (χ1) is 14.3. The van der Waals surface area contributed by atoms with E-state index in [1.54, 1.807) is 13.8 Å². The van der Waals surface area contributed by atoms with Crippen molar-refractivity contribution in [3.05, 3.63) is 82.7 Å². The van der Waals surface area contributed by atoms with Crippen LogP contribution in [0.5, 0.6) is 0 Å². The van der Waals surface area contributed by atoms with Gasteiger partial charge < -0.3 is 10.2 Å². The van der Waals surface area contributed by atoms with Crippen LogP contribution in [0.15, 0.2) is 48.5 Å². The highest BCUT2D eigenvalue weighted by molar-refractivity contribution is 5.96. The van der Waals surface area contributed by atoms with Gasteiger partial charge in [0.1, 0.15) is 11.5 Å². The molecule has 0 spiro atoms. The quantitative estimate of drug-likeness (QED) is 0.644. The number of hydrogen-bond donors (Lipinski definition) is 1. The van der Waals surface area contributed by atoms with E-state index >= 15 is 0 Å². The Kier molecular flexibility index (Phi) is 6.62. The number of carbonyl (C=O) groups is 1. The Bertz CT molecular complexity index is 1030. The second-order valence-electron chi connectivity index (χ2n) is 7.57. The Morgan fingerprint density at radius 1 is 1.13 bits per heavy atom. The third kappa shape index (κ3) is 4.74. The average Bonchev–Trinajstić information content (AvgIpc) is 2.99. The minimum absolute atomic E-state index is 0.103. The zero-order valence-electron chi connectivity index (χ0n) is 17.6. The van der Waals surface area contributed by atoms with Crippen LogP contribution in [0.4, 0.5) is 8.78 Å². The van der Waals surface area contributed by atoms with Gasteiger partial charge in [-0.15, -0.1) is 0 Å². The summed E-state index contributed by atoms with van der Waals surface area (Å²) in [4.78, 5) is 15.0. The number of carbonyl (C=O) groups excluding carboxylic acids is 1. The van der Waals surface area contributed by atoms with Crippen molar-refractivity contribution in [2.75, 3.05) is 20.6 Å². The third-order valence-electron chi connectivity index (χ3n) is 5.20. The minimum atomic E-state index is -0.733. The maximum atomic E-state index is 14.2. The zero-order chi connectivity index (χ0) is 21.8. The Morgan fingerprint density at radius 2 is 1.83 bits per heavy atom. The molecule has 0 radical (unpaired) electrons. The predicted molar refractivity (Wildman–Crippen MR) is 113 cm³/mol. The third-order valence-corrected chi connectivity index (χ3v) is 5.20. The SMILES string of the molecule is Cc1nn(-c2ccc(F)cc2F)c(C)c1C(=O)NCC(Cc1ccccc1)N(C)C. The van der Waals surface area contributed by atoms with Gasteiger partial charge in [-0.2, -0.15) is 5.10 Å². The number of nitrogens with zero attached hydrogens (tertiary/aromatic N) is 3. The molecule has 1 heterocycles. The molecule has 1 unspecified atom stereocenters. The summed E-state index contributed by atoms with van der Waals surface area (Å²) in [7, 11) is 3.96. The number of nitrogens with one attached hydrogen (secondary N) is 1. The van der Waals surface area contributed by atoms with E-state index in [0.717, 1.165) is 12.5 Å². The molecule has 3 aromatic rings. The molecule has 1 atom stereocenters. The summed E-state index contributed by atoms with van der Waals surface area (Å²) in [6, 6.07) is 13.5. The lowest BCUT2D eigenvalue weighted by Gasteiger charge is -2.25. The summed E-state index contributed by atoms with van der Waals surface area (Å²) < 4.78 is 28.8. The van der Waals surface area contributed by atoms with Crippen LogP contribution in [0.1, 0.15) is 27.3 Å². The molecule has 0 aliphatic carbocycles. The molecule has 1 aromatic heterocycles. The molecule has 7 heteroatoms. The lowest BCUT2D eigenvalue weighted by atomic mass is 10.0. The van der Waals surface area contributed by atoms with Crippen molar-refractivity contribution in [2.24, 2.45) is 0 Å². The molecule has 30 heavy (non-hydrogen) atoms. The highest BCUT2D eigenvalue weighted by Gasteiger charge is 2.22. The molecule has 5 nitrogen and oxygen atoms in total. The van der Waals surface area contributed by atoms with Crippen LogP contribution in [0.25, 0.3) is 5.69 Å². The molecule has 1 amide bonds. The average molecular weight is 412 g/mol. The number of hydrogen-bond acceptors (Lipinski definition) is 3. The zero-order valence-corrected chi connectivity index (χ0v) is 17.6. The molecule has 0 aliphatic heterocycles. The molecule has 3 rings (SSSR count). The standard InChI is InChI=1S/C23H26F2N4O/c1-15-22(16(2)29(27-15)21-11-10-18(24)13-20(21)25)23(30)26-14-19(28(3)4)12-17-8-6-5-7-9-17/h5-11,13,19H,12,14H2,1-4H3,(H,26,30). The topological polar surface area (TPSA) is 50.2 Å². The maximum Gasteiger partial charge on any atom is 0.255 e. The largest absolute Gasteiger partial charge is 0.350 e.